The van der Waals surface area contributed by atoms with Gasteiger partial charge in [-0.3, -0.25) is 0 Å². The molecule has 7 heteroatoms. The summed E-state index contributed by atoms with van der Waals surface area (Å²) < 4.78 is 9.74. The van der Waals surface area contributed by atoms with Crippen LogP contribution in [-0.4, -0.2) is 50.2 Å². The van der Waals surface area contributed by atoms with Gasteiger partial charge >= 0.3 is 12.0 Å². The van der Waals surface area contributed by atoms with Crippen LogP contribution in [0.25, 0.3) is 0 Å². The Hall–Kier alpha value is -1.34. The summed E-state index contributed by atoms with van der Waals surface area (Å²) in [5, 5.41) is 13.7. The van der Waals surface area contributed by atoms with E-state index in [1.54, 1.807) is 13.8 Å². The number of nitrogens with one attached hydrogen (secondary N) is 2. The van der Waals surface area contributed by atoms with Gasteiger partial charge < -0.3 is 25.2 Å². The van der Waals surface area contributed by atoms with Crippen LogP contribution < -0.4 is 10.6 Å². The Morgan fingerprint density at radius 3 is 2.12 bits per heavy atom. The van der Waals surface area contributed by atoms with Crippen LogP contribution in [0, 0.1) is 5.92 Å². The molecule has 0 aliphatic carbocycles. The van der Waals surface area contributed by atoms with Gasteiger partial charge in [0.15, 0.2) is 6.29 Å². The van der Waals surface area contributed by atoms with Gasteiger partial charge in [0.2, 0.25) is 0 Å². The molecule has 0 saturated heterocycles. The highest BCUT2D eigenvalue weighted by Gasteiger charge is 2.23. The Kier molecular flexibility index (Phi) is 7.24. The van der Waals surface area contributed by atoms with Crippen molar-refractivity contribution in [2.24, 2.45) is 5.92 Å². The fourth-order valence-electron chi connectivity index (χ4n) is 1.14. The minimum absolute atomic E-state index is 0.142. The van der Waals surface area contributed by atoms with Crippen LogP contribution in [0.2, 0.25) is 0 Å². The van der Waals surface area contributed by atoms with Crippen LogP contribution in [0.15, 0.2) is 0 Å². The molecule has 0 radical (unpaired) electrons. The number of rotatable bonds is 7. The number of aliphatic carboxylic acids is 1. The largest absolute Gasteiger partial charge is 0.480 e. The van der Waals surface area contributed by atoms with E-state index in [-0.39, 0.29) is 12.5 Å². The molecular formula is C10H20N2O5. The number of hydrogen-bond donors (Lipinski definition) is 3. The number of carbonyl (C=O) groups excluding carboxylic acids is 1. The highest BCUT2D eigenvalue weighted by atomic mass is 16.7. The average Bonchev–Trinajstić information content (AvgIpc) is 2.26. The summed E-state index contributed by atoms with van der Waals surface area (Å²) in [4.78, 5) is 22.2. The lowest BCUT2D eigenvalue weighted by Gasteiger charge is -2.19. The second kappa shape index (κ2) is 7.86. The highest BCUT2D eigenvalue weighted by Crippen LogP contribution is 2.01. The van der Waals surface area contributed by atoms with E-state index in [1.807, 2.05) is 0 Å². The Morgan fingerprint density at radius 1 is 1.24 bits per heavy atom. The summed E-state index contributed by atoms with van der Waals surface area (Å²) in [6.07, 6.45) is -0.553. The molecule has 0 heterocycles. The third-order valence-corrected chi connectivity index (χ3v) is 2.17. The van der Waals surface area contributed by atoms with Crippen molar-refractivity contribution in [1.29, 1.82) is 0 Å². The fourth-order valence-corrected chi connectivity index (χ4v) is 1.14. The summed E-state index contributed by atoms with van der Waals surface area (Å²) in [7, 11) is 2.89. The number of ether oxygens (including phenoxy) is 2. The molecule has 7 nitrogen and oxygen atoms in total. The Balaban J connectivity index is 4.11. The third kappa shape index (κ3) is 6.08. The Morgan fingerprint density at radius 2 is 1.76 bits per heavy atom. The molecule has 100 valence electrons. The molecule has 0 spiro atoms. The van der Waals surface area contributed by atoms with Crippen molar-refractivity contribution in [1.82, 2.24) is 10.6 Å². The van der Waals surface area contributed by atoms with Gasteiger partial charge in [-0.25, -0.2) is 9.59 Å². The van der Waals surface area contributed by atoms with Crippen molar-refractivity contribution in [3.05, 3.63) is 0 Å². The third-order valence-electron chi connectivity index (χ3n) is 2.17. The average molecular weight is 248 g/mol. The van der Waals surface area contributed by atoms with Gasteiger partial charge in [0.25, 0.3) is 0 Å². The second-order valence-electron chi connectivity index (χ2n) is 3.82. The van der Waals surface area contributed by atoms with Crippen LogP contribution in [0.5, 0.6) is 0 Å². The summed E-state index contributed by atoms with van der Waals surface area (Å²) in [6.45, 7) is 3.57. The van der Waals surface area contributed by atoms with Crippen LogP contribution in [0.4, 0.5) is 4.79 Å². The maximum absolute atomic E-state index is 11.4. The minimum Gasteiger partial charge on any atom is -0.480 e. The maximum Gasteiger partial charge on any atom is 0.326 e. The molecule has 0 aliphatic heterocycles. The van der Waals surface area contributed by atoms with Gasteiger partial charge in [-0.2, -0.15) is 0 Å². The van der Waals surface area contributed by atoms with Crippen LogP contribution in [0.1, 0.15) is 13.8 Å². The minimum atomic E-state index is -1.06. The van der Waals surface area contributed by atoms with Gasteiger partial charge in [-0.15, -0.1) is 0 Å². The lowest BCUT2D eigenvalue weighted by Crippen LogP contribution is -2.50. The van der Waals surface area contributed by atoms with Crippen molar-refractivity contribution in [3.8, 4) is 0 Å². The number of carboxylic acids is 1. The lowest BCUT2D eigenvalue weighted by atomic mass is 10.1. The van der Waals surface area contributed by atoms with Gasteiger partial charge in [0.05, 0.1) is 6.54 Å². The van der Waals surface area contributed by atoms with Crippen molar-refractivity contribution < 1.29 is 24.2 Å². The van der Waals surface area contributed by atoms with E-state index in [1.165, 1.54) is 14.2 Å². The van der Waals surface area contributed by atoms with E-state index >= 15 is 0 Å². The van der Waals surface area contributed by atoms with Crippen LogP contribution >= 0.6 is 0 Å². The molecule has 0 aromatic heterocycles. The summed E-state index contributed by atoms with van der Waals surface area (Å²) >= 11 is 0. The van der Waals surface area contributed by atoms with Gasteiger partial charge in [0.1, 0.15) is 6.04 Å². The normalized spacial score (nSPS) is 12.6. The first kappa shape index (κ1) is 15.7. The summed E-state index contributed by atoms with van der Waals surface area (Å²) in [5.41, 5.74) is 0. The maximum atomic E-state index is 11.4. The first-order valence-electron chi connectivity index (χ1n) is 5.25. The zero-order valence-electron chi connectivity index (χ0n) is 10.5. The van der Waals surface area contributed by atoms with E-state index in [2.05, 4.69) is 10.6 Å². The van der Waals surface area contributed by atoms with Crippen LogP contribution in [0.3, 0.4) is 0 Å². The number of carbonyl (C=O) groups is 2. The number of carboxylic acid groups (broad SMARTS) is 1. The molecule has 0 saturated carbocycles. The van der Waals surface area contributed by atoms with E-state index in [4.69, 9.17) is 14.6 Å². The predicted octanol–water partition coefficient (Wildman–Crippen LogP) is 0.0137. The second-order valence-corrected chi connectivity index (χ2v) is 3.82. The quantitative estimate of drug-likeness (QED) is 0.552. The Bertz CT molecular complexity index is 253. The molecule has 2 amide bonds. The highest BCUT2D eigenvalue weighted by molar-refractivity contribution is 5.82. The molecule has 0 rings (SSSR count). The molecule has 0 aromatic carbocycles. The van der Waals surface area contributed by atoms with Gasteiger partial charge in [-0.05, 0) is 5.92 Å². The zero-order valence-corrected chi connectivity index (χ0v) is 10.5. The van der Waals surface area contributed by atoms with E-state index in [0.717, 1.165) is 0 Å². The zero-order chi connectivity index (χ0) is 13.4. The topological polar surface area (TPSA) is 96.9 Å². The standard InChI is InChI=1S/C10H20N2O5/c1-6(2)8(9(13)14)12-10(15)11-5-7(16-3)17-4/h6-8H,5H2,1-4H3,(H,13,14)(H2,11,12,15). The van der Waals surface area contributed by atoms with Gasteiger partial charge in [-0.1, -0.05) is 13.8 Å². The van der Waals surface area contributed by atoms with Gasteiger partial charge in [0, 0.05) is 14.2 Å². The molecule has 0 aliphatic rings. The fraction of sp³-hybridized carbons (Fsp3) is 0.800. The Labute approximate surface area is 100 Å². The number of amides is 2. The molecule has 1 atom stereocenters. The van der Waals surface area contributed by atoms with Crippen molar-refractivity contribution in [2.45, 2.75) is 26.2 Å². The number of methoxy groups -OCH3 is 2. The summed E-state index contributed by atoms with van der Waals surface area (Å²) in [6, 6.07) is -1.48. The lowest BCUT2D eigenvalue weighted by molar-refractivity contribution is -0.140. The first-order chi connectivity index (χ1) is 7.92. The monoisotopic (exact) mass is 248 g/mol. The van der Waals surface area contributed by atoms with Crippen molar-refractivity contribution in [3.63, 3.8) is 0 Å². The smallest absolute Gasteiger partial charge is 0.326 e. The predicted molar refractivity (Wildman–Crippen MR) is 60.6 cm³/mol. The molecular weight excluding hydrogens is 228 g/mol. The molecule has 0 bridgehead atoms. The van der Waals surface area contributed by atoms with Crippen molar-refractivity contribution >= 4 is 12.0 Å². The summed E-state index contributed by atoms with van der Waals surface area (Å²) in [5.74, 6) is -1.26. The molecule has 3 N–H and O–H groups in total. The van der Waals surface area contributed by atoms with E-state index in [9.17, 15) is 9.59 Å². The molecule has 0 aromatic rings. The van der Waals surface area contributed by atoms with Crippen molar-refractivity contribution in [2.75, 3.05) is 20.8 Å². The molecule has 0 fully saturated rings. The molecule has 17 heavy (non-hydrogen) atoms. The van der Waals surface area contributed by atoms with E-state index in [0.29, 0.717) is 0 Å². The number of urea groups is 1. The SMILES string of the molecule is COC(CNC(=O)NC(C(=O)O)C(C)C)OC. The van der Waals surface area contributed by atoms with E-state index < -0.39 is 24.3 Å². The van der Waals surface area contributed by atoms with Crippen LogP contribution in [-0.2, 0) is 14.3 Å². The molecule has 1 unspecified atom stereocenters. The first-order valence-corrected chi connectivity index (χ1v) is 5.25. The number of hydrogen-bond acceptors (Lipinski definition) is 4.